The van der Waals surface area contributed by atoms with Crippen molar-refractivity contribution in [1.29, 1.82) is 0 Å². The van der Waals surface area contributed by atoms with E-state index < -0.39 is 5.91 Å². The van der Waals surface area contributed by atoms with Gasteiger partial charge in [0.1, 0.15) is 0 Å². The first-order valence-corrected chi connectivity index (χ1v) is 3.09. The summed E-state index contributed by atoms with van der Waals surface area (Å²) in [6, 6.07) is 0. The smallest absolute Gasteiger partial charge is 0.222 e. The molecule has 0 heterocycles. The molecule has 2 N–H and O–H groups in total. The third-order valence-electron chi connectivity index (χ3n) is 1.15. The maximum absolute atomic E-state index is 10.4. The predicted molar refractivity (Wildman–Crippen MR) is 38.2 cm³/mol. The maximum Gasteiger partial charge on any atom is 0.222 e. The number of nitrogens with two attached hydrogens (primary N) is 1. The van der Waals surface area contributed by atoms with Gasteiger partial charge in [-0.1, -0.05) is 13.0 Å². The number of hydrogen-bond donors (Lipinski definition) is 1. The molecule has 0 saturated carbocycles. The Bertz CT molecular complexity index is 124. The van der Waals surface area contributed by atoms with Crippen LogP contribution >= 0.6 is 11.6 Å². The zero-order chi connectivity index (χ0) is 7.44. The Labute approximate surface area is 59.7 Å². The number of halogens is 1. The molecule has 1 amide bonds. The third kappa shape index (κ3) is 2.51. The van der Waals surface area contributed by atoms with Crippen molar-refractivity contribution in [3.8, 4) is 0 Å². The second-order valence-electron chi connectivity index (χ2n) is 1.87. The minimum Gasteiger partial charge on any atom is -0.369 e. The lowest BCUT2D eigenvalue weighted by molar-refractivity contribution is -0.121. The second kappa shape index (κ2) is 3.51. The van der Waals surface area contributed by atoms with E-state index in [1.807, 2.05) is 0 Å². The number of carbonyl (C=O) groups is 1. The average Bonchev–Trinajstić information content (AvgIpc) is 1.84. The number of amides is 1. The maximum atomic E-state index is 10.4. The lowest BCUT2D eigenvalue weighted by atomic mass is 10.1. The Morgan fingerprint density at radius 3 is 2.44 bits per heavy atom. The zero-order valence-corrected chi connectivity index (χ0v) is 6.06. The normalized spacial score (nSPS) is 16.2. The first-order valence-electron chi connectivity index (χ1n) is 2.65. The van der Waals surface area contributed by atoms with Gasteiger partial charge in [0.2, 0.25) is 5.91 Å². The van der Waals surface area contributed by atoms with E-state index in [1.165, 1.54) is 6.08 Å². The first-order chi connectivity index (χ1) is 4.09. The van der Waals surface area contributed by atoms with E-state index in [0.717, 1.165) is 0 Å². The van der Waals surface area contributed by atoms with Crippen molar-refractivity contribution in [3.05, 3.63) is 12.7 Å². The number of hydrogen-bond acceptors (Lipinski definition) is 1. The SMILES string of the molecule is C=C[C@H](Cl)[C@@H](C)C(N)=O. The Balaban J connectivity index is 3.86. The third-order valence-corrected chi connectivity index (χ3v) is 1.71. The van der Waals surface area contributed by atoms with Gasteiger partial charge < -0.3 is 5.73 Å². The number of carbonyl (C=O) groups excluding carboxylic acids is 1. The van der Waals surface area contributed by atoms with Gasteiger partial charge in [0.05, 0.1) is 11.3 Å². The summed E-state index contributed by atoms with van der Waals surface area (Å²) in [5.74, 6) is -0.723. The molecule has 0 aromatic heterocycles. The van der Waals surface area contributed by atoms with Crippen molar-refractivity contribution in [2.45, 2.75) is 12.3 Å². The topological polar surface area (TPSA) is 43.1 Å². The second-order valence-corrected chi connectivity index (χ2v) is 2.38. The molecule has 0 aromatic rings. The zero-order valence-electron chi connectivity index (χ0n) is 5.30. The molecule has 0 bridgehead atoms. The highest BCUT2D eigenvalue weighted by Gasteiger charge is 2.15. The van der Waals surface area contributed by atoms with Crippen molar-refractivity contribution >= 4 is 17.5 Å². The van der Waals surface area contributed by atoms with E-state index in [4.69, 9.17) is 17.3 Å². The molecule has 3 heteroatoms. The molecule has 0 rings (SSSR count). The monoisotopic (exact) mass is 147 g/mol. The summed E-state index contributed by atoms with van der Waals surface area (Å²) in [5, 5.41) is -0.345. The fourth-order valence-electron chi connectivity index (χ4n) is 0.361. The fraction of sp³-hybridized carbons (Fsp3) is 0.500. The highest BCUT2D eigenvalue weighted by atomic mass is 35.5. The Morgan fingerprint density at radius 1 is 1.89 bits per heavy atom. The number of allylic oxidation sites excluding steroid dienone is 1. The van der Waals surface area contributed by atoms with Crippen LogP contribution in [0.25, 0.3) is 0 Å². The molecule has 2 atom stereocenters. The molecule has 0 spiro atoms. The molecule has 0 aromatic carbocycles. The van der Waals surface area contributed by atoms with Crippen LogP contribution in [0, 0.1) is 5.92 Å². The van der Waals surface area contributed by atoms with E-state index >= 15 is 0 Å². The summed E-state index contributed by atoms with van der Waals surface area (Å²) in [7, 11) is 0. The summed E-state index contributed by atoms with van der Waals surface area (Å²) in [6.45, 7) is 5.09. The summed E-state index contributed by atoms with van der Waals surface area (Å²) in [4.78, 5) is 10.4. The lowest BCUT2D eigenvalue weighted by Crippen LogP contribution is -2.26. The van der Waals surface area contributed by atoms with Crippen LogP contribution in [0.1, 0.15) is 6.92 Å². The Kier molecular flexibility index (Phi) is 3.32. The van der Waals surface area contributed by atoms with Crippen molar-refractivity contribution in [2.75, 3.05) is 0 Å². The number of rotatable bonds is 3. The number of alkyl halides is 1. The van der Waals surface area contributed by atoms with E-state index in [2.05, 4.69) is 6.58 Å². The quantitative estimate of drug-likeness (QED) is 0.468. The van der Waals surface area contributed by atoms with Crippen LogP contribution in [-0.4, -0.2) is 11.3 Å². The molecule has 9 heavy (non-hydrogen) atoms. The molecule has 0 aliphatic heterocycles. The Morgan fingerprint density at radius 2 is 2.33 bits per heavy atom. The summed E-state index contributed by atoms with van der Waals surface area (Å²) in [5.41, 5.74) is 4.94. The van der Waals surface area contributed by atoms with Gasteiger partial charge in [0.25, 0.3) is 0 Å². The van der Waals surface area contributed by atoms with Crippen molar-refractivity contribution in [1.82, 2.24) is 0 Å². The molecule has 0 saturated heterocycles. The van der Waals surface area contributed by atoms with Crippen LogP contribution in [0.4, 0.5) is 0 Å². The molecular formula is C6H10ClNO. The molecule has 0 unspecified atom stereocenters. The van der Waals surface area contributed by atoms with Gasteiger partial charge in [-0.15, -0.1) is 18.2 Å². The van der Waals surface area contributed by atoms with Gasteiger partial charge in [-0.05, 0) is 0 Å². The van der Waals surface area contributed by atoms with Crippen molar-refractivity contribution in [3.63, 3.8) is 0 Å². The predicted octanol–water partition coefficient (Wildman–Crippen LogP) is 0.901. The summed E-state index contributed by atoms with van der Waals surface area (Å²) >= 11 is 5.59. The van der Waals surface area contributed by atoms with Crippen molar-refractivity contribution in [2.24, 2.45) is 11.7 Å². The lowest BCUT2D eigenvalue weighted by Gasteiger charge is -2.08. The first kappa shape index (κ1) is 8.50. The number of primary amides is 1. The molecular weight excluding hydrogens is 138 g/mol. The highest BCUT2D eigenvalue weighted by Crippen LogP contribution is 2.09. The van der Waals surface area contributed by atoms with Crippen LogP contribution in [0.5, 0.6) is 0 Å². The van der Waals surface area contributed by atoms with Gasteiger partial charge in [0, 0.05) is 0 Å². The summed E-state index contributed by atoms with van der Waals surface area (Å²) in [6.07, 6.45) is 1.50. The van der Waals surface area contributed by atoms with Gasteiger partial charge in [0.15, 0.2) is 0 Å². The van der Waals surface area contributed by atoms with Gasteiger partial charge >= 0.3 is 0 Å². The van der Waals surface area contributed by atoms with Gasteiger partial charge in [-0.25, -0.2) is 0 Å². The van der Waals surface area contributed by atoms with E-state index in [9.17, 15) is 4.79 Å². The standard InChI is InChI=1S/C6H10ClNO/c1-3-5(7)4(2)6(8)9/h3-5H,1H2,2H3,(H2,8,9)/t4-,5+/m1/s1. The molecule has 0 radical (unpaired) electrons. The van der Waals surface area contributed by atoms with Crippen LogP contribution < -0.4 is 5.73 Å². The molecule has 0 aliphatic rings. The van der Waals surface area contributed by atoms with Gasteiger partial charge in [-0.3, -0.25) is 4.79 Å². The van der Waals surface area contributed by atoms with Crippen LogP contribution in [-0.2, 0) is 4.79 Å². The van der Waals surface area contributed by atoms with E-state index in [-0.39, 0.29) is 11.3 Å². The van der Waals surface area contributed by atoms with Crippen LogP contribution in [0.2, 0.25) is 0 Å². The van der Waals surface area contributed by atoms with Gasteiger partial charge in [-0.2, -0.15) is 0 Å². The van der Waals surface area contributed by atoms with Crippen LogP contribution in [0.3, 0.4) is 0 Å². The van der Waals surface area contributed by atoms with Crippen molar-refractivity contribution < 1.29 is 4.79 Å². The highest BCUT2D eigenvalue weighted by molar-refractivity contribution is 6.23. The fourth-order valence-corrected chi connectivity index (χ4v) is 0.485. The minimum atomic E-state index is -0.394. The van der Waals surface area contributed by atoms with E-state index in [1.54, 1.807) is 6.92 Å². The largest absolute Gasteiger partial charge is 0.369 e. The minimum absolute atomic E-state index is 0.329. The molecule has 0 fully saturated rings. The summed E-state index contributed by atoms with van der Waals surface area (Å²) < 4.78 is 0. The molecule has 52 valence electrons. The Hall–Kier alpha value is -0.500. The van der Waals surface area contributed by atoms with Crippen LogP contribution in [0.15, 0.2) is 12.7 Å². The molecule has 0 aliphatic carbocycles. The average molecular weight is 148 g/mol. The van der Waals surface area contributed by atoms with E-state index in [0.29, 0.717) is 0 Å². The molecule has 2 nitrogen and oxygen atoms in total.